The lowest BCUT2D eigenvalue weighted by atomic mass is 10.0. The van der Waals surface area contributed by atoms with Crippen molar-refractivity contribution in [3.63, 3.8) is 0 Å². The van der Waals surface area contributed by atoms with E-state index in [2.05, 4.69) is 5.32 Å². The Morgan fingerprint density at radius 1 is 0.773 bits per heavy atom. The number of rotatable bonds is 13. The summed E-state index contributed by atoms with van der Waals surface area (Å²) < 4.78 is 29.4. The lowest BCUT2D eigenvalue weighted by molar-refractivity contribution is -0.140. The number of carbonyl (C=O) groups excluding carboxylic acids is 2. The molecule has 0 bridgehead atoms. The first-order valence-electron chi connectivity index (χ1n) is 14.9. The second-order valence-electron chi connectivity index (χ2n) is 11.2. The quantitative estimate of drug-likeness (QED) is 0.199. The molecule has 2 atom stereocenters. The van der Waals surface area contributed by atoms with Crippen molar-refractivity contribution in [1.82, 2.24) is 10.2 Å². The van der Waals surface area contributed by atoms with Crippen molar-refractivity contribution < 1.29 is 18.0 Å². The third-order valence-corrected chi connectivity index (χ3v) is 9.36. The molecule has 8 heteroatoms. The first-order valence-corrected chi connectivity index (χ1v) is 16.4. The van der Waals surface area contributed by atoms with Crippen molar-refractivity contribution in [2.75, 3.05) is 10.8 Å². The molecular formula is C36H41N3O4S. The predicted molar refractivity (Wildman–Crippen MR) is 176 cm³/mol. The molecule has 0 aliphatic carbocycles. The summed E-state index contributed by atoms with van der Waals surface area (Å²) in [6.45, 7) is 7.35. The van der Waals surface area contributed by atoms with Gasteiger partial charge in [-0.15, -0.1) is 0 Å². The number of sulfonamides is 1. The number of carbonyl (C=O) groups is 2. The lowest BCUT2D eigenvalue weighted by Gasteiger charge is -2.34. The number of nitrogens with zero attached hydrogens (tertiary/aromatic N) is 2. The zero-order chi connectivity index (χ0) is 31.7. The van der Waals surface area contributed by atoms with Crippen LogP contribution in [-0.4, -0.2) is 43.8 Å². The number of anilines is 1. The van der Waals surface area contributed by atoms with E-state index in [9.17, 15) is 18.0 Å². The Kier molecular flexibility index (Phi) is 11.0. The van der Waals surface area contributed by atoms with Crippen LogP contribution in [0.1, 0.15) is 42.5 Å². The maximum Gasteiger partial charge on any atom is 0.264 e. The van der Waals surface area contributed by atoms with Crippen LogP contribution in [0.2, 0.25) is 0 Å². The summed E-state index contributed by atoms with van der Waals surface area (Å²) in [6, 6.07) is 31.6. The summed E-state index contributed by atoms with van der Waals surface area (Å²) in [5.41, 5.74) is 3.86. The highest BCUT2D eigenvalue weighted by molar-refractivity contribution is 7.92. The molecule has 4 rings (SSSR count). The summed E-state index contributed by atoms with van der Waals surface area (Å²) in [7, 11) is -4.13. The van der Waals surface area contributed by atoms with E-state index in [-0.39, 0.29) is 29.8 Å². The van der Waals surface area contributed by atoms with Gasteiger partial charge in [0.25, 0.3) is 10.0 Å². The Morgan fingerprint density at radius 3 is 1.84 bits per heavy atom. The van der Waals surface area contributed by atoms with Gasteiger partial charge in [-0.1, -0.05) is 91.9 Å². The summed E-state index contributed by atoms with van der Waals surface area (Å²) >= 11 is 0. The second kappa shape index (κ2) is 14.8. The van der Waals surface area contributed by atoms with E-state index in [1.165, 1.54) is 17.0 Å². The topological polar surface area (TPSA) is 86.8 Å². The first-order chi connectivity index (χ1) is 21.1. The molecule has 0 radical (unpaired) electrons. The highest BCUT2D eigenvalue weighted by Crippen LogP contribution is 2.27. The molecule has 230 valence electrons. The maximum absolute atomic E-state index is 14.5. The molecule has 0 saturated heterocycles. The monoisotopic (exact) mass is 611 g/mol. The van der Waals surface area contributed by atoms with E-state index in [1.807, 2.05) is 94.4 Å². The molecule has 0 aromatic heterocycles. The van der Waals surface area contributed by atoms with Crippen LogP contribution < -0.4 is 9.62 Å². The van der Waals surface area contributed by atoms with E-state index in [0.717, 1.165) is 33.0 Å². The third kappa shape index (κ3) is 8.35. The molecular weight excluding hydrogens is 570 g/mol. The summed E-state index contributed by atoms with van der Waals surface area (Å²) in [5.74, 6) is -0.760. The third-order valence-electron chi connectivity index (χ3n) is 7.57. The van der Waals surface area contributed by atoms with Crippen LogP contribution in [0.4, 0.5) is 5.69 Å². The van der Waals surface area contributed by atoms with E-state index in [1.54, 1.807) is 30.3 Å². The molecule has 44 heavy (non-hydrogen) atoms. The zero-order valence-corrected chi connectivity index (χ0v) is 26.6. The fourth-order valence-corrected chi connectivity index (χ4v) is 6.54. The fourth-order valence-electron chi connectivity index (χ4n) is 5.12. The zero-order valence-electron chi connectivity index (χ0n) is 25.8. The Morgan fingerprint density at radius 2 is 1.30 bits per heavy atom. The van der Waals surface area contributed by atoms with Crippen molar-refractivity contribution in [1.29, 1.82) is 0 Å². The Labute approximate surface area is 261 Å². The highest BCUT2D eigenvalue weighted by atomic mass is 32.2. The second-order valence-corrected chi connectivity index (χ2v) is 13.1. The van der Waals surface area contributed by atoms with Crippen LogP contribution in [0.15, 0.2) is 114 Å². The number of aryl methyl sites for hydroxylation is 2. The molecule has 0 heterocycles. The van der Waals surface area contributed by atoms with Crippen LogP contribution in [0, 0.1) is 13.8 Å². The van der Waals surface area contributed by atoms with Crippen molar-refractivity contribution in [2.45, 2.75) is 64.1 Å². The number of amides is 2. The SMILES string of the molecule is CC[C@@H](C)NC(=O)[C@@H](Cc1ccccc1)N(Cc1ccccc1)C(=O)CN(c1cc(C)cc(C)c1)S(=O)(=O)c1ccccc1. The van der Waals surface area contributed by atoms with Gasteiger partial charge in [0.2, 0.25) is 11.8 Å². The highest BCUT2D eigenvalue weighted by Gasteiger charge is 2.35. The average molecular weight is 612 g/mol. The Balaban J connectivity index is 1.81. The Bertz CT molecular complexity index is 1620. The minimum atomic E-state index is -4.13. The van der Waals surface area contributed by atoms with Crippen molar-refractivity contribution in [2.24, 2.45) is 0 Å². The summed E-state index contributed by atoms with van der Waals surface area (Å²) in [4.78, 5) is 30.0. The van der Waals surface area contributed by atoms with E-state index >= 15 is 0 Å². The number of nitrogens with one attached hydrogen (secondary N) is 1. The predicted octanol–water partition coefficient (Wildman–Crippen LogP) is 6.05. The van der Waals surface area contributed by atoms with Gasteiger partial charge >= 0.3 is 0 Å². The minimum Gasteiger partial charge on any atom is -0.352 e. The molecule has 0 unspecified atom stereocenters. The molecule has 2 amide bonds. The molecule has 4 aromatic carbocycles. The van der Waals surface area contributed by atoms with Gasteiger partial charge in [-0.3, -0.25) is 13.9 Å². The minimum absolute atomic E-state index is 0.0805. The summed E-state index contributed by atoms with van der Waals surface area (Å²) in [5, 5.41) is 3.06. The van der Waals surface area contributed by atoms with E-state index in [0.29, 0.717) is 5.69 Å². The van der Waals surface area contributed by atoms with Crippen molar-refractivity contribution in [3.8, 4) is 0 Å². The standard InChI is InChI=1S/C36H41N3O4S/c1-5-29(4)37-36(41)34(24-30-15-9-6-10-16-30)38(25-31-17-11-7-12-18-31)35(40)26-39(32-22-27(2)21-28(3)23-32)44(42,43)33-19-13-8-14-20-33/h6-23,29,34H,5,24-26H2,1-4H3,(H,37,41)/t29-,34-/m1/s1. The normalized spacial score (nSPS) is 12.6. The lowest BCUT2D eigenvalue weighted by Crippen LogP contribution is -2.54. The molecule has 7 nitrogen and oxygen atoms in total. The van der Waals surface area contributed by atoms with Gasteiger partial charge in [0.05, 0.1) is 10.6 Å². The number of hydrogen-bond donors (Lipinski definition) is 1. The molecule has 0 saturated carbocycles. The smallest absolute Gasteiger partial charge is 0.264 e. The first kappa shape index (κ1) is 32.5. The average Bonchev–Trinajstić information content (AvgIpc) is 3.02. The Hall–Kier alpha value is -4.43. The van der Waals surface area contributed by atoms with Gasteiger partial charge in [-0.25, -0.2) is 8.42 Å². The molecule has 4 aromatic rings. The van der Waals surface area contributed by atoms with Crippen molar-refractivity contribution in [3.05, 3.63) is 131 Å². The molecule has 0 aliphatic heterocycles. The van der Waals surface area contributed by atoms with Crippen LogP contribution in [-0.2, 0) is 32.6 Å². The van der Waals surface area contributed by atoms with E-state index in [4.69, 9.17) is 0 Å². The van der Waals surface area contributed by atoms with Gasteiger partial charge in [0.1, 0.15) is 12.6 Å². The fraction of sp³-hybridized carbons (Fsp3) is 0.278. The van der Waals surface area contributed by atoms with Gasteiger partial charge in [-0.05, 0) is 73.7 Å². The van der Waals surface area contributed by atoms with E-state index < -0.39 is 28.5 Å². The number of benzene rings is 4. The van der Waals surface area contributed by atoms with Crippen molar-refractivity contribution >= 4 is 27.5 Å². The molecule has 1 N–H and O–H groups in total. The van der Waals surface area contributed by atoms with Gasteiger partial charge in [0, 0.05) is 19.0 Å². The van der Waals surface area contributed by atoms with Crippen LogP contribution in [0.3, 0.4) is 0 Å². The maximum atomic E-state index is 14.5. The molecule has 0 aliphatic rings. The molecule has 0 spiro atoms. The van der Waals surface area contributed by atoms with Crippen LogP contribution >= 0.6 is 0 Å². The summed E-state index contributed by atoms with van der Waals surface area (Å²) in [6.07, 6.45) is 1.00. The van der Waals surface area contributed by atoms with Crippen LogP contribution in [0.25, 0.3) is 0 Å². The number of hydrogen-bond acceptors (Lipinski definition) is 4. The molecule has 0 fully saturated rings. The largest absolute Gasteiger partial charge is 0.352 e. The van der Waals surface area contributed by atoms with Gasteiger partial charge in [0.15, 0.2) is 0 Å². The van der Waals surface area contributed by atoms with Gasteiger partial charge in [-0.2, -0.15) is 0 Å². The van der Waals surface area contributed by atoms with Gasteiger partial charge < -0.3 is 10.2 Å². The van der Waals surface area contributed by atoms with Crippen LogP contribution in [0.5, 0.6) is 0 Å².